The summed E-state index contributed by atoms with van der Waals surface area (Å²) in [5.74, 6) is -0.284. The van der Waals surface area contributed by atoms with Gasteiger partial charge in [-0.05, 0) is 46.9 Å². The summed E-state index contributed by atoms with van der Waals surface area (Å²) in [5.41, 5.74) is 0.276. The predicted octanol–water partition coefficient (Wildman–Crippen LogP) is 4.46. The van der Waals surface area contributed by atoms with E-state index < -0.39 is 18.2 Å². The summed E-state index contributed by atoms with van der Waals surface area (Å²) in [7, 11) is 1.72. The Morgan fingerprint density at radius 1 is 1.18 bits per heavy atom. The minimum absolute atomic E-state index is 0.0950. The van der Waals surface area contributed by atoms with E-state index in [-0.39, 0.29) is 22.5 Å². The summed E-state index contributed by atoms with van der Waals surface area (Å²) in [6.07, 6.45) is -2.75. The van der Waals surface area contributed by atoms with E-state index in [1.54, 1.807) is 48.4 Å². The van der Waals surface area contributed by atoms with Gasteiger partial charge in [0.05, 0.1) is 12.6 Å². The van der Waals surface area contributed by atoms with Crippen LogP contribution in [0.1, 0.15) is 34.8 Å². The Morgan fingerprint density at radius 3 is 2.50 bits per heavy atom. The first-order valence-corrected chi connectivity index (χ1v) is 8.67. The Bertz CT molecular complexity index is 1100. The minimum atomic E-state index is -4.59. The number of nitrogens with zero attached hydrogens (tertiary/aromatic N) is 2. The van der Waals surface area contributed by atoms with E-state index in [1.807, 2.05) is 0 Å². The molecule has 0 aliphatic heterocycles. The smallest absolute Gasteiger partial charge is 0.380 e. The van der Waals surface area contributed by atoms with Crippen molar-refractivity contribution in [3.8, 4) is 22.3 Å². The minimum Gasteiger partial charge on any atom is -0.380 e. The number of rotatable bonds is 3. The fraction of sp³-hybridized carbons (Fsp3) is 0.238. The molecule has 0 amide bonds. The average molecular weight is 386 g/mol. The Kier molecular flexibility index (Phi) is 3.97. The number of hydrogen-bond donors (Lipinski definition) is 1. The number of carbonyl (C=O) groups is 1. The molecule has 1 aliphatic carbocycles. The number of halogens is 3. The van der Waals surface area contributed by atoms with Crippen molar-refractivity contribution in [3.63, 3.8) is 0 Å². The van der Waals surface area contributed by atoms with Gasteiger partial charge in [0, 0.05) is 24.4 Å². The maximum Gasteiger partial charge on any atom is 0.392 e. The second-order valence-electron chi connectivity index (χ2n) is 7.10. The number of ketones is 1. The summed E-state index contributed by atoms with van der Waals surface area (Å²) in [6, 6.07) is 9.56. The van der Waals surface area contributed by atoms with Crippen molar-refractivity contribution in [2.24, 2.45) is 7.05 Å². The van der Waals surface area contributed by atoms with E-state index in [0.29, 0.717) is 22.3 Å². The molecule has 1 aromatic heterocycles. The number of fused-ring (bicyclic) bond motifs is 3. The lowest BCUT2D eigenvalue weighted by atomic mass is 9.85. The number of carbonyl (C=O) groups excluding carboxylic acids is 1. The second-order valence-corrected chi connectivity index (χ2v) is 7.10. The van der Waals surface area contributed by atoms with Crippen LogP contribution in [0.2, 0.25) is 0 Å². The largest absolute Gasteiger partial charge is 0.392 e. The topological polar surface area (TPSA) is 55.1 Å². The Morgan fingerprint density at radius 2 is 1.89 bits per heavy atom. The number of benzene rings is 2. The Labute approximate surface area is 159 Å². The van der Waals surface area contributed by atoms with Crippen molar-refractivity contribution < 1.29 is 23.1 Å². The molecule has 0 saturated heterocycles. The third-order valence-electron chi connectivity index (χ3n) is 5.10. The van der Waals surface area contributed by atoms with Crippen molar-refractivity contribution in [2.45, 2.75) is 25.1 Å². The lowest BCUT2D eigenvalue weighted by Gasteiger charge is -2.27. The molecule has 4 rings (SSSR count). The summed E-state index contributed by atoms with van der Waals surface area (Å²) in [4.78, 5) is 12.4. The lowest BCUT2D eigenvalue weighted by molar-refractivity contribution is -0.169. The maximum atomic E-state index is 13.4. The summed E-state index contributed by atoms with van der Waals surface area (Å²) < 4.78 is 41.7. The first-order valence-electron chi connectivity index (χ1n) is 8.67. The molecule has 1 unspecified atom stereocenters. The first-order chi connectivity index (χ1) is 13.1. The average Bonchev–Trinajstić information content (AvgIpc) is 3.14. The molecule has 2 aromatic carbocycles. The monoisotopic (exact) mass is 386 g/mol. The van der Waals surface area contributed by atoms with Crippen molar-refractivity contribution >= 4 is 5.78 Å². The maximum absolute atomic E-state index is 13.4. The molecule has 144 valence electrons. The molecule has 1 aliphatic rings. The van der Waals surface area contributed by atoms with Gasteiger partial charge in [-0.15, -0.1) is 0 Å². The van der Waals surface area contributed by atoms with Gasteiger partial charge in [0.15, 0.2) is 5.78 Å². The van der Waals surface area contributed by atoms with E-state index in [1.165, 1.54) is 19.1 Å². The van der Waals surface area contributed by atoms with E-state index >= 15 is 0 Å². The third-order valence-corrected chi connectivity index (χ3v) is 5.10. The SMILES string of the molecule is CC(=O)c1cc(-c2cnn(C)c2)cc2c1-c1ccccc1C2(O)CC(F)(F)F. The van der Waals surface area contributed by atoms with Crippen molar-refractivity contribution in [1.82, 2.24) is 9.78 Å². The van der Waals surface area contributed by atoms with Gasteiger partial charge in [-0.2, -0.15) is 18.3 Å². The molecule has 0 saturated carbocycles. The molecule has 1 N–H and O–H groups in total. The molecule has 0 radical (unpaired) electrons. The van der Waals surface area contributed by atoms with E-state index in [2.05, 4.69) is 5.10 Å². The van der Waals surface area contributed by atoms with Crippen LogP contribution in [0.4, 0.5) is 13.2 Å². The van der Waals surface area contributed by atoms with Gasteiger partial charge >= 0.3 is 6.18 Å². The summed E-state index contributed by atoms with van der Waals surface area (Å²) in [5, 5.41) is 15.3. The molecule has 0 bridgehead atoms. The van der Waals surface area contributed by atoms with Crippen LogP contribution in [0.3, 0.4) is 0 Å². The molecular formula is C21H17F3N2O2. The van der Waals surface area contributed by atoms with E-state index in [4.69, 9.17) is 0 Å². The number of hydrogen-bond acceptors (Lipinski definition) is 3. The highest BCUT2D eigenvalue weighted by atomic mass is 19.4. The summed E-state index contributed by atoms with van der Waals surface area (Å²) in [6.45, 7) is 1.37. The van der Waals surface area contributed by atoms with Crippen LogP contribution in [0, 0.1) is 0 Å². The lowest BCUT2D eigenvalue weighted by Crippen LogP contribution is -2.31. The van der Waals surface area contributed by atoms with Crippen LogP contribution in [0.15, 0.2) is 48.8 Å². The van der Waals surface area contributed by atoms with Crippen molar-refractivity contribution in [1.29, 1.82) is 0 Å². The molecule has 0 spiro atoms. The number of Topliss-reactive ketones (excluding diaryl/α,β-unsaturated/α-hetero) is 1. The molecular weight excluding hydrogens is 369 g/mol. The molecule has 1 heterocycles. The zero-order valence-corrected chi connectivity index (χ0v) is 15.2. The fourth-order valence-corrected chi connectivity index (χ4v) is 3.96. The predicted molar refractivity (Wildman–Crippen MR) is 97.8 cm³/mol. The van der Waals surface area contributed by atoms with Crippen molar-refractivity contribution in [3.05, 3.63) is 65.5 Å². The second kappa shape index (κ2) is 6.04. The quantitative estimate of drug-likeness (QED) is 0.677. The Balaban J connectivity index is 2.05. The van der Waals surface area contributed by atoms with Gasteiger partial charge in [-0.3, -0.25) is 9.48 Å². The zero-order valence-electron chi connectivity index (χ0n) is 15.2. The number of alkyl halides is 3. The van der Waals surface area contributed by atoms with Gasteiger partial charge in [0.2, 0.25) is 0 Å². The highest BCUT2D eigenvalue weighted by Crippen LogP contribution is 2.53. The van der Waals surface area contributed by atoms with Gasteiger partial charge in [0.25, 0.3) is 0 Å². The Hall–Kier alpha value is -2.93. The van der Waals surface area contributed by atoms with Gasteiger partial charge in [0.1, 0.15) is 5.60 Å². The molecule has 28 heavy (non-hydrogen) atoms. The van der Waals surface area contributed by atoms with Gasteiger partial charge < -0.3 is 5.11 Å². The van der Waals surface area contributed by atoms with E-state index in [0.717, 1.165) is 0 Å². The van der Waals surface area contributed by atoms with Crippen LogP contribution in [0.25, 0.3) is 22.3 Å². The van der Waals surface area contributed by atoms with Crippen LogP contribution in [-0.4, -0.2) is 26.8 Å². The first kappa shape index (κ1) is 18.4. The normalized spacial score (nSPS) is 18.1. The molecule has 7 heteroatoms. The van der Waals surface area contributed by atoms with Gasteiger partial charge in [-0.25, -0.2) is 0 Å². The summed E-state index contributed by atoms with van der Waals surface area (Å²) >= 11 is 0. The van der Waals surface area contributed by atoms with Crippen LogP contribution >= 0.6 is 0 Å². The number of aliphatic hydroxyl groups is 1. The molecule has 1 atom stereocenters. The fourth-order valence-electron chi connectivity index (χ4n) is 3.96. The van der Waals surface area contributed by atoms with Crippen LogP contribution in [-0.2, 0) is 12.6 Å². The standard InChI is InChI=1S/C21H17F3N2O2/c1-12(27)16-7-13(14-9-25-26(2)10-14)8-18-19(16)15-5-3-4-6-17(15)20(18,28)11-21(22,23)24/h3-10,28H,11H2,1-2H3. The van der Waals surface area contributed by atoms with Crippen molar-refractivity contribution in [2.75, 3.05) is 0 Å². The highest BCUT2D eigenvalue weighted by molar-refractivity contribution is 6.05. The van der Waals surface area contributed by atoms with Crippen LogP contribution < -0.4 is 0 Å². The molecule has 3 aromatic rings. The highest BCUT2D eigenvalue weighted by Gasteiger charge is 2.50. The van der Waals surface area contributed by atoms with Crippen LogP contribution in [0.5, 0.6) is 0 Å². The number of aromatic nitrogens is 2. The van der Waals surface area contributed by atoms with Gasteiger partial charge in [-0.1, -0.05) is 24.3 Å². The van der Waals surface area contributed by atoms with E-state index in [9.17, 15) is 23.1 Å². The number of aryl methyl sites for hydroxylation is 1. The zero-order chi connectivity index (χ0) is 20.3. The molecule has 0 fully saturated rings. The third kappa shape index (κ3) is 2.82. The molecule has 4 nitrogen and oxygen atoms in total.